The fourth-order valence-electron chi connectivity index (χ4n) is 3.65. The molecule has 0 aliphatic rings. The molecule has 1 amide bonds. The van der Waals surface area contributed by atoms with Gasteiger partial charge in [0.15, 0.2) is 5.69 Å². The van der Waals surface area contributed by atoms with Crippen LogP contribution in [0.2, 0.25) is 0 Å². The lowest BCUT2D eigenvalue weighted by molar-refractivity contribution is 0.0950. The van der Waals surface area contributed by atoms with E-state index in [1.165, 1.54) is 12.6 Å². The van der Waals surface area contributed by atoms with E-state index in [9.17, 15) is 9.59 Å². The van der Waals surface area contributed by atoms with E-state index in [0.717, 1.165) is 29.0 Å². The SMILES string of the molecule is CCN(Cc1ccccc1)c1ccc(/C=N/NC(=O)c2nn(C)c(=O)c3ccccc23)cc1. The number of aryl methyl sites for hydroxylation is 1. The van der Waals surface area contributed by atoms with Gasteiger partial charge in [0.05, 0.1) is 11.6 Å². The van der Waals surface area contributed by atoms with Crippen LogP contribution in [0.15, 0.2) is 88.8 Å². The standard InChI is InChI=1S/C26H25N5O2/c1-3-31(18-20-9-5-4-6-10-20)21-15-13-19(14-16-21)17-27-28-25(32)24-22-11-7-8-12-23(22)26(33)30(2)29-24/h4-17H,3,18H2,1-2H3,(H,28,32)/b27-17+. The van der Waals surface area contributed by atoms with Crippen LogP contribution in [0.25, 0.3) is 10.8 Å². The third-order valence-corrected chi connectivity index (χ3v) is 5.41. The number of benzene rings is 3. The molecule has 7 heteroatoms. The Labute approximate surface area is 192 Å². The normalized spacial score (nSPS) is 11.1. The van der Waals surface area contributed by atoms with Crippen LogP contribution in [-0.2, 0) is 13.6 Å². The van der Waals surface area contributed by atoms with Crippen LogP contribution in [0.1, 0.15) is 28.5 Å². The Bertz CT molecular complexity index is 1340. The summed E-state index contributed by atoms with van der Waals surface area (Å²) in [6, 6.07) is 25.2. The molecule has 0 atom stereocenters. The van der Waals surface area contributed by atoms with Crippen LogP contribution in [0.4, 0.5) is 5.69 Å². The molecule has 0 spiro atoms. The van der Waals surface area contributed by atoms with E-state index >= 15 is 0 Å². The van der Waals surface area contributed by atoms with Crippen molar-refractivity contribution in [1.82, 2.24) is 15.2 Å². The van der Waals surface area contributed by atoms with Crippen LogP contribution in [-0.4, -0.2) is 28.4 Å². The molecule has 4 rings (SSSR count). The lowest BCUT2D eigenvalue weighted by atomic mass is 10.1. The minimum Gasteiger partial charge on any atom is -0.367 e. The highest BCUT2D eigenvalue weighted by atomic mass is 16.2. The summed E-state index contributed by atoms with van der Waals surface area (Å²) in [5, 5.41) is 9.12. The van der Waals surface area contributed by atoms with Gasteiger partial charge in [-0.2, -0.15) is 10.2 Å². The predicted molar refractivity (Wildman–Crippen MR) is 132 cm³/mol. The number of fused-ring (bicyclic) bond motifs is 1. The first-order valence-electron chi connectivity index (χ1n) is 10.7. The van der Waals surface area contributed by atoms with Crippen molar-refractivity contribution in [2.24, 2.45) is 12.1 Å². The van der Waals surface area contributed by atoms with Crippen LogP contribution in [0, 0.1) is 0 Å². The lowest BCUT2D eigenvalue weighted by Gasteiger charge is -2.23. The third kappa shape index (κ3) is 4.98. The second-order valence-corrected chi connectivity index (χ2v) is 7.61. The smallest absolute Gasteiger partial charge is 0.292 e. The average Bonchev–Trinajstić information content (AvgIpc) is 2.86. The minimum atomic E-state index is -0.477. The first kappa shape index (κ1) is 22.0. The number of carbonyl (C=O) groups is 1. The van der Waals surface area contributed by atoms with Gasteiger partial charge in [-0.1, -0.05) is 60.7 Å². The molecule has 1 aromatic heterocycles. The maximum absolute atomic E-state index is 12.7. The molecule has 7 nitrogen and oxygen atoms in total. The molecule has 166 valence electrons. The summed E-state index contributed by atoms with van der Waals surface area (Å²) in [5.41, 5.74) is 5.64. The van der Waals surface area contributed by atoms with Crippen LogP contribution in [0.3, 0.4) is 0 Å². The lowest BCUT2D eigenvalue weighted by Crippen LogP contribution is -2.27. The molecule has 0 saturated heterocycles. The molecule has 4 aromatic rings. The number of hydrogen-bond acceptors (Lipinski definition) is 5. The van der Waals surface area contributed by atoms with E-state index in [1.54, 1.807) is 30.5 Å². The van der Waals surface area contributed by atoms with Gasteiger partial charge in [-0.3, -0.25) is 9.59 Å². The van der Waals surface area contributed by atoms with Crippen LogP contribution < -0.4 is 15.9 Å². The van der Waals surface area contributed by atoms with Crippen molar-refractivity contribution >= 4 is 28.6 Å². The Balaban J connectivity index is 1.45. The zero-order valence-corrected chi connectivity index (χ0v) is 18.6. The Morgan fingerprint density at radius 3 is 2.36 bits per heavy atom. The Morgan fingerprint density at radius 1 is 1.00 bits per heavy atom. The van der Waals surface area contributed by atoms with E-state index in [0.29, 0.717) is 10.8 Å². The largest absolute Gasteiger partial charge is 0.367 e. The van der Waals surface area contributed by atoms with Gasteiger partial charge in [0.25, 0.3) is 11.5 Å². The number of hydrogen-bond donors (Lipinski definition) is 1. The van der Waals surface area contributed by atoms with Crippen molar-refractivity contribution < 1.29 is 4.79 Å². The average molecular weight is 440 g/mol. The monoisotopic (exact) mass is 439 g/mol. The number of hydrazone groups is 1. The minimum absolute atomic E-state index is 0.152. The molecular formula is C26H25N5O2. The van der Waals surface area contributed by atoms with Crippen LogP contribution in [0.5, 0.6) is 0 Å². The second-order valence-electron chi connectivity index (χ2n) is 7.61. The number of rotatable bonds is 7. The molecule has 1 heterocycles. The summed E-state index contributed by atoms with van der Waals surface area (Å²) >= 11 is 0. The van der Waals surface area contributed by atoms with Gasteiger partial charge in [0, 0.05) is 31.2 Å². The number of anilines is 1. The summed E-state index contributed by atoms with van der Waals surface area (Å²) < 4.78 is 1.16. The van der Waals surface area contributed by atoms with Crippen molar-refractivity contribution in [2.45, 2.75) is 13.5 Å². The molecular weight excluding hydrogens is 414 g/mol. The van der Waals surface area contributed by atoms with Crippen molar-refractivity contribution in [2.75, 3.05) is 11.4 Å². The highest BCUT2D eigenvalue weighted by molar-refractivity contribution is 6.04. The maximum atomic E-state index is 12.7. The third-order valence-electron chi connectivity index (χ3n) is 5.41. The number of carbonyl (C=O) groups excluding carboxylic acids is 1. The van der Waals surface area contributed by atoms with E-state index < -0.39 is 5.91 Å². The molecule has 3 aromatic carbocycles. The van der Waals surface area contributed by atoms with Gasteiger partial charge in [-0.25, -0.2) is 10.1 Å². The van der Waals surface area contributed by atoms with Gasteiger partial charge in [-0.05, 0) is 36.2 Å². The second kappa shape index (κ2) is 9.91. The highest BCUT2D eigenvalue weighted by Crippen LogP contribution is 2.18. The van der Waals surface area contributed by atoms with Gasteiger partial charge in [-0.15, -0.1) is 0 Å². The quantitative estimate of drug-likeness (QED) is 0.352. The van der Waals surface area contributed by atoms with Gasteiger partial charge in [0.1, 0.15) is 0 Å². The molecule has 0 aliphatic carbocycles. The number of nitrogens with zero attached hydrogens (tertiary/aromatic N) is 4. The van der Waals surface area contributed by atoms with E-state index in [1.807, 2.05) is 42.5 Å². The fraction of sp³-hybridized carbons (Fsp3) is 0.154. The maximum Gasteiger partial charge on any atom is 0.292 e. The topological polar surface area (TPSA) is 79.6 Å². The van der Waals surface area contributed by atoms with Crippen molar-refractivity contribution in [3.63, 3.8) is 0 Å². The Hall–Kier alpha value is -4.26. The molecule has 1 N–H and O–H groups in total. The molecule has 0 radical (unpaired) electrons. The number of nitrogens with one attached hydrogen (secondary N) is 1. The summed E-state index contributed by atoms with van der Waals surface area (Å²) in [4.78, 5) is 27.2. The highest BCUT2D eigenvalue weighted by Gasteiger charge is 2.15. The predicted octanol–water partition coefficient (Wildman–Crippen LogP) is 3.72. The first-order valence-corrected chi connectivity index (χ1v) is 10.7. The van der Waals surface area contributed by atoms with Gasteiger partial charge < -0.3 is 4.90 Å². The zero-order valence-electron chi connectivity index (χ0n) is 18.6. The molecule has 33 heavy (non-hydrogen) atoms. The molecule has 0 fully saturated rings. The van der Waals surface area contributed by atoms with Crippen LogP contribution >= 0.6 is 0 Å². The fourth-order valence-corrected chi connectivity index (χ4v) is 3.65. The van der Waals surface area contributed by atoms with Crippen molar-refractivity contribution in [3.8, 4) is 0 Å². The van der Waals surface area contributed by atoms with E-state index in [2.05, 4.69) is 39.6 Å². The molecule has 0 aliphatic heterocycles. The first-order chi connectivity index (χ1) is 16.1. The number of amides is 1. The molecule has 0 bridgehead atoms. The number of aromatic nitrogens is 2. The van der Waals surface area contributed by atoms with E-state index in [-0.39, 0.29) is 11.3 Å². The summed E-state index contributed by atoms with van der Waals surface area (Å²) in [6.07, 6.45) is 1.58. The summed E-state index contributed by atoms with van der Waals surface area (Å²) in [5.74, 6) is -0.477. The summed E-state index contributed by atoms with van der Waals surface area (Å²) in [7, 11) is 1.52. The summed E-state index contributed by atoms with van der Waals surface area (Å²) in [6.45, 7) is 3.85. The molecule has 0 unspecified atom stereocenters. The zero-order chi connectivity index (χ0) is 23.2. The molecule has 0 saturated carbocycles. The van der Waals surface area contributed by atoms with E-state index in [4.69, 9.17) is 0 Å². The van der Waals surface area contributed by atoms with Crippen molar-refractivity contribution in [1.29, 1.82) is 0 Å². The Kier molecular flexibility index (Phi) is 6.59. The van der Waals surface area contributed by atoms with Gasteiger partial charge in [0.2, 0.25) is 0 Å². The Morgan fingerprint density at radius 2 is 1.67 bits per heavy atom. The van der Waals surface area contributed by atoms with Crippen molar-refractivity contribution in [3.05, 3.63) is 106 Å². The van der Waals surface area contributed by atoms with Gasteiger partial charge >= 0.3 is 0 Å².